The Morgan fingerprint density at radius 3 is 2.64 bits per heavy atom. The third-order valence-electron chi connectivity index (χ3n) is 2.68. The summed E-state index contributed by atoms with van der Waals surface area (Å²) in [6.45, 7) is 10.1. The van der Waals surface area contributed by atoms with Crippen LogP contribution in [-0.4, -0.2) is 6.72 Å². The average Bonchev–Trinajstić information content (AvgIpc) is 2.19. The molecule has 76 valence electrons. The van der Waals surface area contributed by atoms with Crippen LogP contribution in [0.3, 0.4) is 0 Å². The first-order chi connectivity index (χ1) is 6.61. The molecule has 0 fully saturated rings. The van der Waals surface area contributed by atoms with Crippen molar-refractivity contribution in [1.82, 2.24) is 0 Å². The van der Waals surface area contributed by atoms with Gasteiger partial charge in [0.1, 0.15) is 0 Å². The second-order valence-corrected chi connectivity index (χ2v) is 4.11. The van der Waals surface area contributed by atoms with E-state index in [0.717, 1.165) is 17.0 Å². The van der Waals surface area contributed by atoms with Crippen molar-refractivity contribution in [2.24, 2.45) is 4.99 Å². The maximum Gasteiger partial charge on any atom is 0.0792 e. The lowest BCUT2D eigenvalue weighted by atomic mass is 9.93. The predicted molar refractivity (Wildman–Crippen MR) is 66.3 cm³/mol. The zero-order valence-electron chi connectivity index (χ0n) is 9.04. The summed E-state index contributed by atoms with van der Waals surface area (Å²) >= 11 is 4.39. The molecule has 1 unspecified atom stereocenters. The van der Waals surface area contributed by atoms with Gasteiger partial charge >= 0.3 is 0 Å². The minimum atomic E-state index is 0.516. The second-order valence-electron chi connectivity index (χ2n) is 3.63. The highest BCUT2D eigenvalue weighted by atomic mass is 32.1. The van der Waals surface area contributed by atoms with E-state index >= 15 is 0 Å². The van der Waals surface area contributed by atoms with E-state index in [2.05, 4.69) is 51.2 Å². The second kappa shape index (κ2) is 4.65. The Morgan fingerprint density at radius 2 is 2.14 bits per heavy atom. The molecule has 0 bridgehead atoms. The van der Waals surface area contributed by atoms with Crippen LogP contribution in [0, 0.1) is 6.92 Å². The Hall–Kier alpha value is -0.760. The molecule has 0 aliphatic carbocycles. The van der Waals surface area contributed by atoms with Gasteiger partial charge in [0, 0.05) is 4.90 Å². The van der Waals surface area contributed by atoms with Gasteiger partial charge in [-0.15, -0.1) is 12.6 Å². The normalized spacial score (nSPS) is 12.6. The summed E-state index contributed by atoms with van der Waals surface area (Å²) in [5.74, 6) is 0.516. The number of thiol groups is 1. The predicted octanol–water partition coefficient (Wildman–Crippen LogP) is 4.13. The summed E-state index contributed by atoms with van der Waals surface area (Å²) in [6, 6.07) is 4.08. The molecule has 2 heteroatoms. The third kappa shape index (κ3) is 2.01. The van der Waals surface area contributed by atoms with Crippen LogP contribution in [0.1, 0.15) is 37.3 Å². The van der Waals surface area contributed by atoms with E-state index in [-0.39, 0.29) is 0 Å². The first-order valence-electron chi connectivity index (χ1n) is 4.91. The summed E-state index contributed by atoms with van der Waals surface area (Å²) in [4.78, 5) is 4.99. The molecule has 0 saturated carbocycles. The van der Waals surface area contributed by atoms with Crippen molar-refractivity contribution in [3.05, 3.63) is 23.3 Å². The lowest BCUT2D eigenvalue weighted by Gasteiger charge is -2.16. The number of hydrogen-bond acceptors (Lipinski definition) is 2. The van der Waals surface area contributed by atoms with Crippen molar-refractivity contribution in [3.63, 3.8) is 0 Å². The Kier molecular flexibility index (Phi) is 3.76. The van der Waals surface area contributed by atoms with E-state index in [1.807, 2.05) is 6.07 Å². The van der Waals surface area contributed by atoms with Gasteiger partial charge in [0.25, 0.3) is 0 Å². The van der Waals surface area contributed by atoms with Crippen LogP contribution in [0.4, 0.5) is 5.69 Å². The molecule has 1 nitrogen and oxygen atoms in total. The molecule has 1 aromatic rings. The van der Waals surface area contributed by atoms with Crippen molar-refractivity contribution < 1.29 is 0 Å². The summed E-state index contributed by atoms with van der Waals surface area (Å²) in [6.07, 6.45) is 1.11. The summed E-state index contributed by atoms with van der Waals surface area (Å²) in [5, 5.41) is 0. The molecular weight excluding hydrogens is 190 g/mol. The standard InChI is InChI=1S/C12H17NS/c1-5-8(2)11-9(3)6-7-10(14)12(11)13-4/h6-8,14H,4-5H2,1-3H3. The average molecular weight is 207 g/mol. The molecule has 1 rings (SSSR count). The van der Waals surface area contributed by atoms with Crippen LogP contribution >= 0.6 is 12.6 Å². The van der Waals surface area contributed by atoms with Crippen LogP contribution < -0.4 is 0 Å². The minimum Gasteiger partial charge on any atom is -0.263 e. The van der Waals surface area contributed by atoms with Gasteiger partial charge in [0.05, 0.1) is 5.69 Å². The fourth-order valence-corrected chi connectivity index (χ4v) is 1.96. The summed E-state index contributed by atoms with van der Waals surface area (Å²) in [5.41, 5.74) is 3.51. The number of rotatable bonds is 3. The number of nitrogens with zero attached hydrogens (tertiary/aromatic N) is 1. The van der Waals surface area contributed by atoms with Crippen LogP contribution in [0.15, 0.2) is 22.0 Å². The lowest BCUT2D eigenvalue weighted by molar-refractivity contribution is 0.727. The topological polar surface area (TPSA) is 12.4 Å². The molecule has 0 aliphatic heterocycles. The zero-order chi connectivity index (χ0) is 10.7. The first-order valence-corrected chi connectivity index (χ1v) is 5.35. The third-order valence-corrected chi connectivity index (χ3v) is 3.04. The van der Waals surface area contributed by atoms with E-state index in [0.29, 0.717) is 5.92 Å². The molecule has 0 N–H and O–H groups in total. The summed E-state index contributed by atoms with van der Waals surface area (Å²) in [7, 11) is 0. The van der Waals surface area contributed by atoms with Crippen molar-refractivity contribution in [1.29, 1.82) is 0 Å². The Morgan fingerprint density at radius 1 is 1.50 bits per heavy atom. The fourth-order valence-electron chi connectivity index (χ4n) is 1.69. The number of hydrogen-bond donors (Lipinski definition) is 1. The number of aryl methyl sites for hydroxylation is 1. The van der Waals surface area contributed by atoms with E-state index in [9.17, 15) is 0 Å². The van der Waals surface area contributed by atoms with Gasteiger partial charge in [0.2, 0.25) is 0 Å². The maximum absolute atomic E-state index is 4.39. The van der Waals surface area contributed by atoms with Gasteiger partial charge in [-0.05, 0) is 43.2 Å². The molecule has 0 aromatic heterocycles. The number of benzene rings is 1. The molecular formula is C12H17NS. The molecule has 0 aliphatic rings. The van der Waals surface area contributed by atoms with Crippen LogP contribution in [0.2, 0.25) is 0 Å². The van der Waals surface area contributed by atoms with Gasteiger partial charge in [-0.3, -0.25) is 4.99 Å². The monoisotopic (exact) mass is 207 g/mol. The van der Waals surface area contributed by atoms with Crippen LogP contribution in [-0.2, 0) is 0 Å². The molecule has 1 aromatic carbocycles. The van der Waals surface area contributed by atoms with Crippen molar-refractivity contribution in [3.8, 4) is 0 Å². The first kappa shape index (κ1) is 11.3. The molecule has 0 radical (unpaired) electrons. The molecule has 0 heterocycles. The highest BCUT2D eigenvalue weighted by Gasteiger charge is 2.13. The lowest BCUT2D eigenvalue weighted by Crippen LogP contribution is -1.96. The minimum absolute atomic E-state index is 0.516. The van der Waals surface area contributed by atoms with Gasteiger partial charge in [-0.1, -0.05) is 19.9 Å². The molecule has 1 atom stereocenters. The van der Waals surface area contributed by atoms with E-state index in [1.165, 1.54) is 11.1 Å². The highest BCUT2D eigenvalue weighted by Crippen LogP contribution is 2.36. The smallest absolute Gasteiger partial charge is 0.0792 e. The van der Waals surface area contributed by atoms with Crippen molar-refractivity contribution >= 4 is 25.0 Å². The van der Waals surface area contributed by atoms with E-state index in [4.69, 9.17) is 0 Å². The fraction of sp³-hybridized carbons (Fsp3) is 0.417. The van der Waals surface area contributed by atoms with Gasteiger partial charge in [-0.25, -0.2) is 0 Å². The molecule has 0 saturated heterocycles. The van der Waals surface area contributed by atoms with Crippen molar-refractivity contribution in [2.75, 3.05) is 0 Å². The number of aliphatic imine (C=N–C) groups is 1. The Labute approximate surface area is 91.7 Å². The quantitative estimate of drug-likeness (QED) is 0.565. The van der Waals surface area contributed by atoms with Gasteiger partial charge < -0.3 is 0 Å². The zero-order valence-corrected chi connectivity index (χ0v) is 9.94. The summed E-state index contributed by atoms with van der Waals surface area (Å²) < 4.78 is 0. The largest absolute Gasteiger partial charge is 0.263 e. The molecule has 14 heavy (non-hydrogen) atoms. The van der Waals surface area contributed by atoms with Crippen LogP contribution in [0.5, 0.6) is 0 Å². The molecule has 0 amide bonds. The SMILES string of the molecule is C=Nc1c(S)ccc(C)c1C(C)CC. The van der Waals surface area contributed by atoms with E-state index < -0.39 is 0 Å². The Bertz CT molecular complexity index is 344. The van der Waals surface area contributed by atoms with Crippen LogP contribution in [0.25, 0.3) is 0 Å². The van der Waals surface area contributed by atoms with Crippen molar-refractivity contribution in [2.45, 2.75) is 38.0 Å². The van der Waals surface area contributed by atoms with E-state index in [1.54, 1.807) is 0 Å². The van der Waals surface area contributed by atoms with Gasteiger partial charge in [0.15, 0.2) is 0 Å². The molecule has 0 spiro atoms. The maximum atomic E-state index is 4.39. The van der Waals surface area contributed by atoms with Gasteiger partial charge in [-0.2, -0.15) is 0 Å². The Balaban J connectivity index is 3.36. The highest BCUT2D eigenvalue weighted by molar-refractivity contribution is 7.80.